The van der Waals surface area contributed by atoms with Crippen LogP contribution in [-0.4, -0.2) is 31.7 Å². The molecule has 2 aliphatic heterocycles. The molecule has 23 heavy (non-hydrogen) atoms. The Labute approximate surface area is 140 Å². The average molecular weight is 318 g/mol. The Morgan fingerprint density at radius 2 is 2.04 bits per heavy atom. The highest BCUT2D eigenvalue weighted by molar-refractivity contribution is 5.75. The van der Waals surface area contributed by atoms with Crippen LogP contribution in [0.3, 0.4) is 0 Å². The second-order valence-corrected chi connectivity index (χ2v) is 8.92. The number of likely N-dealkylation sites (tertiary alicyclic amines) is 1. The summed E-state index contributed by atoms with van der Waals surface area (Å²) < 4.78 is 5.89. The number of rotatable bonds is 2. The Hall–Kier alpha value is -0.830. The molecule has 2 heterocycles. The second-order valence-electron chi connectivity index (χ2n) is 8.92. The summed E-state index contributed by atoms with van der Waals surface area (Å²) in [5.41, 5.74) is 1.77. The van der Waals surface area contributed by atoms with Crippen LogP contribution in [0.2, 0.25) is 0 Å². The van der Waals surface area contributed by atoms with Gasteiger partial charge < -0.3 is 9.64 Å². The fourth-order valence-corrected chi connectivity index (χ4v) is 6.06. The first-order chi connectivity index (χ1) is 11.1. The SMILES string of the molecule is C=C1CCC[C@@]2(C)C[C@@H]3OC(=O)[C@H](C[NH+]4CCCCC4)[C@H]3C[C@H]12. The molecule has 0 aromatic rings. The van der Waals surface area contributed by atoms with Crippen molar-refractivity contribution >= 4 is 5.97 Å². The number of hydrogen-bond acceptors (Lipinski definition) is 2. The van der Waals surface area contributed by atoms with E-state index in [0.29, 0.717) is 17.3 Å². The van der Waals surface area contributed by atoms with E-state index in [9.17, 15) is 4.79 Å². The molecule has 2 saturated heterocycles. The van der Waals surface area contributed by atoms with Gasteiger partial charge in [-0.3, -0.25) is 4.79 Å². The van der Waals surface area contributed by atoms with Gasteiger partial charge in [-0.15, -0.1) is 0 Å². The lowest BCUT2D eigenvalue weighted by Crippen LogP contribution is -3.13. The maximum Gasteiger partial charge on any atom is 0.315 e. The van der Waals surface area contributed by atoms with Gasteiger partial charge in [0, 0.05) is 5.92 Å². The lowest BCUT2D eigenvalue weighted by Gasteiger charge is -2.50. The van der Waals surface area contributed by atoms with E-state index in [1.807, 2.05) is 0 Å². The molecule has 128 valence electrons. The molecular formula is C20H32NO2+. The normalized spacial score (nSPS) is 44.6. The Balaban J connectivity index is 1.50. The lowest BCUT2D eigenvalue weighted by molar-refractivity contribution is -0.907. The minimum atomic E-state index is 0.103. The Morgan fingerprint density at radius 3 is 2.83 bits per heavy atom. The minimum Gasteiger partial charge on any atom is -0.462 e. The summed E-state index contributed by atoms with van der Waals surface area (Å²) in [5, 5.41) is 0. The predicted molar refractivity (Wildman–Crippen MR) is 90.1 cm³/mol. The van der Waals surface area contributed by atoms with Crippen molar-refractivity contribution in [2.24, 2.45) is 23.2 Å². The highest BCUT2D eigenvalue weighted by atomic mass is 16.6. The van der Waals surface area contributed by atoms with Crippen LogP contribution in [0.15, 0.2) is 12.2 Å². The van der Waals surface area contributed by atoms with Gasteiger partial charge in [0.2, 0.25) is 0 Å². The number of hydrogen-bond donors (Lipinski definition) is 1. The smallest absolute Gasteiger partial charge is 0.315 e. The van der Waals surface area contributed by atoms with Gasteiger partial charge in [0.05, 0.1) is 19.6 Å². The molecule has 0 aromatic carbocycles. The standard InChI is InChI=1S/C20H31NO2/c1-14-7-6-8-20(2)12-18-15(11-17(14)20)16(19(22)23-18)13-21-9-4-3-5-10-21/h15-18H,1,3-13H2,2H3/p+1/t15-,16-,17-,18+,20+/m1/s1. The topological polar surface area (TPSA) is 30.7 Å². The molecule has 0 spiro atoms. The van der Waals surface area contributed by atoms with E-state index in [2.05, 4.69) is 13.5 Å². The summed E-state index contributed by atoms with van der Waals surface area (Å²) in [4.78, 5) is 14.2. The number of ether oxygens (including phenoxy) is 1. The molecule has 0 unspecified atom stereocenters. The van der Waals surface area contributed by atoms with Gasteiger partial charge in [0.1, 0.15) is 12.0 Å². The second kappa shape index (κ2) is 5.91. The van der Waals surface area contributed by atoms with E-state index in [1.54, 1.807) is 4.90 Å². The van der Waals surface area contributed by atoms with Crippen molar-refractivity contribution in [2.45, 2.75) is 64.4 Å². The maximum absolute atomic E-state index is 12.5. The van der Waals surface area contributed by atoms with Crippen LogP contribution in [-0.2, 0) is 9.53 Å². The fourth-order valence-electron chi connectivity index (χ4n) is 6.06. The zero-order chi connectivity index (χ0) is 16.0. The highest BCUT2D eigenvalue weighted by Crippen LogP contribution is 2.56. The number of nitrogens with one attached hydrogen (secondary N) is 1. The summed E-state index contributed by atoms with van der Waals surface area (Å²) in [6.45, 7) is 10.3. The molecule has 3 nitrogen and oxygen atoms in total. The summed E-state index contributed by atoms with van der Waals surface area (Å²) in [6, 6.07) is 0. The lowest BCUT2D eigenvalue weighted by atomic mass is 9.55. The van der Waals surface area contributed by atoms with Gasteiger partial charge in [-0.05, 0) is 62.7 Å². The number of carbonyl (C=O) groups is 1. The molecule has 1 N–H and O–H groups in total. The van der Waals surface area contributed by atoms with Crippen molar-refractivity contribution in [3.8, 4) is 0 Å². The van der Waals surface area contributed by atoms with Crippen LogP contribution in [0.1, 0.15) is 58.3 Å². The Morgan fingerprint density at radius 1 is 1.26 bits per heavy atom. The first-order valence-corrected chi connectivity index (χ1v) is 9.78. The van der Waals surface area contributed by atoms with Crippen molar-refractivity contribution in [1.29, 1.82) is 0 Å². The van der Waals surface area contributed by atoms with Gasteiger partial charge in [0.15, 0.2) is 0 Å². The number of fused-ring (bicyclic) bond motifs is 2. The van der Waals surface area contributed by atoms with Crippen LogP contribution in [0, 0.1) is 23.2 Å². The van der Waals surface area contributed by atoms with Crippen molar-refractivity contribution in [3.05, 3.63) is 12.2 Å². The van der Waals surface area contributed by atoms with E-state index in [4.69, 9.17) is 4.74 Å². The number of carbonyl (C=O) groups excluding carboxylic acids is 1. The summed E-state index contributed by atoms with van der Waals surface area (Å²) >= 11 is 0. The van der Waals surface area contributed by atoms with Crippen LogP contribution in [0.5, 0.6) is 0 Å². The molecule has 4 fully saturated rings. The van der Waals surface area contributed by atoms with Crippen LogP contribution in [0.25, 0.3) is 0 Å². The third-order valence-corrected chi connectivity index (χ3v) is 7.39. The molecule has 5 atom stereocenters. The highest BCUT2D eigenvalue weighted by Gasteiger charge is 2.55. The van der Waals surface area contributed by atoms with Gasteiger partial charge in [0.25, 0.3) is 0 Å². The summed E-state index contributed by atoms with van der Waals surface area (Å²) in [6.07, 6.45) is 10.1. The van der Waals surface area contributed by atoms with E-state index in [1.165, 1.54) is 57.2 Å². The van der Waals surface area contributed by atoms with Gasteiger partial charge in [-0.25, -0.2) is 0 Å². The van der Waals surface area contributed by atoms with Gasteiger partial charge >= 0.3 is 5.97 Å². The molecule has 2 aliphatic carbocycles. The van der Waals surface area contributed by atoms with Crippen molar-refractivity contribution in [1.82, 2.24) is 0 Å². The molecule has 0 bridgehead atoms. The number of quaternary nitrogens is 1. The maximum atomic E-state index is 12.5. The Kier molecular flexibility index (Phi) is 4.03. The number of allylic oxidation sites excluding steroid dienone is 1. The predicted octanol–water partition coefficient (Wildman–Crippen LogP) is 2.37. The van der Waals surface area contributed by atoms with Crippen molar-refractivity contribution in [2.75, 3.05) is 19.6 Å². The third kappa shape index (κ3) is 2.75. The fraction of sp³-hybridized carbons (Fsp3) is 0.850. The molecule has 2 saturated carbocycles. The zero-order valence-electron chi connectivity index (χ0n) is 14.6. The van der Waals surface area contributed by atoms with E-state index in [0.717, 1.165) is 19.4 Å². The minimum absolute atomic E-state index is 0.103. The monoisotopic (exact) mass is 318 g/mol. The first-order valence-electron chi connectivity index (χ1n) is 9.78. The summed E-state index contributed by atoms with van der Waals surface area (Å²) in [7, 11) is 0. The van der Waals surface area contributed by atoms with Crippen molar-refractivity contribution in [3.63, 3.8) is 0 Å². The van der Waals surface area contributed by atoms with Gasteiger partial charge in [-0.1, -0.05) is 19.1 Å². The van der Waals surface area contributed by atoms with Crippen LogP contribution in [0.4, 0.5) is 0 Å². The molecular weight excluding hydrogens is 286 g/mol. The van der Waals surface area contributed by atoms with Gasteiger partial charge in [-0.2, -0.15) is 0 Å². The number of esters is 1. The third-order valence-electron chi connectivity index (χ3n) is 7.39. The largest absolute Gasteiger partial charge is 0.462 e. The van der Waals surface area contributed by atoms with Crippen LogP contribution < -0.4 is 4.90 Å². The average Bonchev–Trinajstić information content (AvgIpc) is 2.81. The molecule has 4 aliphatic rings. The summed E-state index contributed by atoms with van der Waals surface area (Å²) in [5.74, 6) is 1.31. The molecule has 4 rings (SSSR count). The van der Waals surface area contributed by atoms with Crippen LogP contribution >= 0.6 is 0 Å². The zero-order valence-corrected chi connectivity index (χ0v) is 14.6. The first kappa shape index (κ1) is 15.7. The van der Waals surface area contributed by atoms with Crippen molar-refractivity contribution < 1.29 is 14.4 Å². The quantitative estimate of drug-likeness (QED) is 0.626. The molecule has 0 aromatic heterocycles. The molecule has 0 radical (unpaired) electrons. The number of piperidine rings is 1. The van der Waals surface area contributed by atoms with E-state index < -0.39 is 0 Å². The van der Waals surface area contributed by atoms with E-state index in [-0.39, 0.29) is 18.0 Å². The molecule has 0 amide bonds. The Bertz CT molecular complexity index is 496. The van der Waals surface area contributed by atoms with E-state index >= 15 is 0 Å². The molecule has 3 heteroatoms.